The first kappa shape index (κ1) is 43.4. The maximum atomic E-state index is 10.5. The number of rotatable bonds is 14. The van der Waals surface area contributed by atoms with E-state index < -0.39 is 6.10 Å². The van der Waals surface area contributed by atoms with E-state index in [0.717, 1.165) is 62.7 Å². The summed E-state index contributed by atoms with van der Waals surface area (Å²) >= 11 is 0. The minimum Gasteiger partial charge on any atom is -0.497 e. The van der Waals surface area contributed by atoms with E-state index in [-0.39, 0.29) is 74.2 Å². The Labute approximate surface area is 320 Å². The molecular formula is C43H78O9. The van der Waals surface area contributed by atoms with Crippen molar-refractivity contribution in [2.45, 2.75) is 194 Å². The van der Waals surface area contributed by atoms with E-state index in [2.05, 4.69) is 60.6 Å². The van der Waals surface area contributed by atoms with Gasteiger partial charge in [-0.05, 0) is 69.1 Å². The van der Waals surface area contributed by atoms with E-state index >= 15 is 0 Å². The minimum atomic E-state index is -0.473. The van der Waals surface area contributed by atoms with E-state index in [1.807, 2.05) is 19.1 Å². The van der Waals surface area contributed by atoms with Crippen molar-refractivity contribution in [3.05, 3.63) is 29.8 Å². The summed E-state index contributed by atoms with van der Waals surface area (Å²) in [6.45, 7) is 18.0. The second-order valence-corrected chi connectivity index (χ2v) is 16.1. The zero-order valence-electron chi connectivity index (χ0n) is 35.6. The van der Waals surface area contributed by atoms with Gasteiger partial charge in [-0.1, -0.05) is 73.9 Å². The third-order valence-electron chi connectivity index (χ3n) is 12.1. The van der Waals surface area contributed by atoms with Gasteiger partial charge in [0.2, 0.25) is 0 Å². The van der Waals surface area contributed by atoms with Gasteiger partial charge < -0.3 is 43.0 Å². The maximum Gasteiger partial charge on any atom is 0.118 e. The normalized spacial score (nSPS) is 38.5. The van der Waals surface area contributed by atoms with Crippen LogP contribution in [-0.2, 0) is 39.8 Å². The number of aliphatic hydroxyl groups is 1. The van der Waals surface area contributed by atoms with Crippen LogP contribution in [0, 0.1) is 23.7 Å². The van der Waals surface area contributed by atoms with Crippen LogP contribution < -0.4 is 4.74 Å². The average Bonchev–Trinajstić information content (AvgIpc) is 3.16. The Bertz CT molecular complexity index is 1130. The largest absolute Gasteiger partial charge is 0.497 e. The van der Waals surface area contributed by atoms with Gasteiger partial charge in [0, 0.05) is 41.9 Å². The molecule has 0 saturated carbocycles. The van der Waals surface area contributed by atoms with Gasteiger partial charge in [0.05, 0.1) is 87.0 Å². The summed E-state index contributed by atoms with van der Waals surface area (Å²) < 4.78 is 58.3. The standard InChI is InChI=1S/C25H40O5.C17H32O4.CH4.H2/c1-7-8-21-16(2)13-22-25(30-21)18(4)24(23(29-22)14-17(3)26-5)28-15-19-9-11-20(27-6)12-10-19;1-6-7-13-10(2)8-15-17(21-13)12(4)16(18)14(20-15)9-11(3)19-5;;/h9-12,16-18,21-25H,7-8,13-15H2,1-6H3;10-18H,6-9H2,1-5H3;1H4;1H/t16-,17?,18-,21-,22?,23+,24-,25+;10-,11?,12-,13-,14+,15?,16-,17+;;/m11../s1/i;;;1+1D. The Morgan fingerprint density at radius 1 is 0.731 bits per heavy atom. The fourth-order valence-corrected chi connectivity index (χ4v) is 8.69. The lowest BCUT2D eigenvalue weighted by atomic mass is 9.79. The molecule has 0 aromatic heterocycles. The predicted molar refractivity (Wildman–Crippen MR) is 209 cm³/mol. The van der Waals surface area contributed by atoms with Gasteiger partial charge in [-0.25, -0.2) is 0 Å². The van der Waals surface area contributed by atoms with Gasteiger partial charge in [0.25, 0.3) is 0 Å². The first-order chi connectivity index (χ1) is 25.4. The van der Waals surface area contributed by atoms with Gasteiger partial charge in [0.15, 0.2) is 0 Å². The summed E-state index contributed by atoms with van der Waals surface area (Å²) in [5.41, 5.74) is 1.13. The number of fused-ring (bicyclic) bond motifs is 2. The molecule has 16 atom stereocenters. The molecule has 0 spiro atoms. The van der Waals surface area contributed by atoms with Gasteiger partial charge in [-0.3, -0.25) is 0 Å². The van der Waals surface area contributed by atoms with E-state index in [9.17, 15) is 5.11 Å². The molecule has 0 aliphatic carbocycles. The molecule has 1 aromatic carbocycles. The number of hydrogen-bond acceptors (Lipinski definition) is 9. The molecule has 4 saturated heterocycles. The number of ether oxygens (including phenoxy) is 8. The Balaban J connectivity index is 0.000000370. The van der Waals surface area contributed by atoms with Gasteiger partial charge >= 0.3 is 0 Å². The molecule has 304 valence electrons. The lowest BCUT2D eigenvalue weighted by Crippen LogP contribution is -2.59. The third-order valence-corrected chi connectivity index (χ3v) is 12.1. The van der Waals surface area contributed by atoms with Crippen LogP contribution in [0.15, 0.2) is 24.3 Å². The Kier molecular flexibility index (Phi) is 18.1. The SMILES string of the molecule is C.CCC[C@H]1O[C@@H]2C(C[C@H]1C)O[C@@H](CC(C)OC)[C@H](O)[C@H]2C.CCC[C@H]1O[C@@H]2C(C[C@H]1C)O[C@@H](CC(C)OC)[C@H](OCc1ccc(OC)cc1)[C@H]2C.[2H][2H]. The van der Waals surface area contributed by atoms with Crippen molar-refractivity contribution in [3.8, 4) is 5.75 Å². The molecule has 52 heavy (non-hydrogen) atoms. The third kappa shape index (κ3) is 11.6. The van der Waals surface area contributed by atoms with Crippen LogP contribution in [-0.4, -0.2) is 99.7 Å². The molecule has 4 aliphatic rings. The maximum absolute atomic E-state index is 10.5. The molecule has 1 N–H and O–H groups in total. The molecule has 9 nitrogen and oxygen atoms in total. The van der Waals surface area contributed by atoms with E-state index in [1.165, 1.54) is 0 Å². The summed E-state index contributed by atoms with van der Waals surface area (Å²) in [7, 11) is 5.14. The second kappa shape index (κ2) is 21.7. The summed E-state index contributed by atoms with van der Waals surface area (Å²) in [5.74, 6) is 2.28. The first-order valence-corrected chi connectivity index (χ1v) is 20.0. The van der Waals surface area contributed by atoms with Crippen molar-refractivity contribution < 1.29 is 46.0 Å². The van der Waals surface area contributed by atoms with Crippen LogP contribution >= 0.6 is 0 Å². The molecular weight excluding hydrogens is 660 g/mol. The van der Waals surface area contributed by atoms with Crippen molar-refractivity contribution in [1.82, 2.24) is 0 Å². The monoisotopic (exact) mass is 741 g/mol. The Morgan fingerprint density at radius 3 is 1.69 bits per heavy atom. The summed E-state index contributed by atoms with van der Waals surface area (Å²) in [6.07, 6.45) is 8.72. The van der Waals surface area contributed by atoms with Crippen LogP contribution in [0.3, 0.4) is 0 Å². The fourth-order valence-electron chi connectivity index (χ4n) is 8.69. The number of methoxy groups -OCH3 is 3. The molecule has 5 rings (SSSR count). The molecule has 4 unspecified atom stereocenters. The summed E-state index contributed by atoms with van der Waals surface area (Å²) in [6, 6.07) is 8.06. The second-order valence-electron chi connectivity index (χ2n) is 16.1. The molecule has 4 aliphatic heterocycles. The van der Waals surface area contributed by atoms with Crippen LogP contribution in [0.2, 0.25) is 0 Å². The Hall–Kier alpha value is -1.30. The molecule has 4 fully saturated rings. The van der Waals surface area contributed by atoms with Gasteiger partial charge in [0.1, 0.15) is 5.75 Å². The number of hydrogen-bond donors (Lipinski definition) is 1. The van der Waals surface area contributed by atoms with Crippen molar-refractivity contribution in [1.29, 1.82) is 0 Å². The molecule has 0 amide bonds. The topological polar surface area (TPSA) is 94.1 Å². The molecule has 0 radical (unpaired) electrons. The highest BCUT2D eigenvalue weighted by Gasteiger charge is 2.50. The van der Waals surface area contributed by atoms with Crippen LogP contribution in [0.1, 0.15) is 123 Å². The van der Waals surface area contributed by atoms with Crippen LogP contribution in [0.5, 0.6) is 5.75 Å². The van der Waals surface area contributed by atoms with E-state index in [0.29, 0.717) is 30.7 Å². The molecule has 1 aromatic rings. The summed E-state index contributed by atoms with van der Waals surface area (Å²) in [5, 5.41) is 10.5. The quantitative estimate of drug-likeness (QED) is 0.201. The highest BCUT2D eigenvalue weighted by atomic mass is 16.6. The molecule has 4 heterocycles. The van der Waals surface area contributed by atoms with Crippen LogP contribution in [0.25, 0.3) is 0 Å². The minimum absolute atomic E-state index is 0. The predicted octanol–water partition coefficient (Wildman–Crippen LogP) is 8.65. The van der Waals surface area contributed by atoms with Crippen molar-refractivity contribution in [2.75, 3.05) is 21.3 Å². The van der Waals surface area contributed by atoms with Crippen molar-refractivity contribution >= 4 is 0 Å². The van der Waals surface area contributed by atoms with Crippen molar-refractivity contribution in [2.24, 2.45) is 23.7 Å². The molecule has 0 bridgehead atoms. The zero-order valence-corrected chi connectivity index (χ0v) is 33.6. The van der Waals surface area contributed by atoms with Crippen molar-refractivity contribution in [3.63, 3.8) is 0 Å². The lowest BCUT2D eigenvalue weighted by Gasteiger charge is -2.51. The average molecular weight is 741 g/mol. The molecule has 9 heteroatoms. The first-order valence-electron chi connectivity index (χ1n) is 21.0. The smallest absolute Gasteiger partial charge is 0.118 e. The highest BCUT2D eigenvalue weighted by molar-refractivity contribution is 5.26. The van der Waals surface area contributed by atoms with E-state index in [4.69, 9.17) is 40.9 Å². The van der Waals surface area contributed by atoms with E-state index in [1.54, 1.807) is 21.3 Å². The highest BCUT2D eigenvalue weighted by Crippen LogP contribution is 2.42. The van der Waals surface area contributed by atoms with Gasteiger partial charge in [-0.15, -0.1) is 0 Å². The fraction of sp³-hybridized carbons (Fsp3) is 0.860. The lowest BCUT2D eigenvalue weighted by molar-refractivity contribution is -0.268. The van der Waals surface area contributed by atoms with Crippen LogP contribution in [0.4, 0.5) is 0 Å². The number of aliphatic hydroxyl groups excluding tert-OH is 1. The summed E-state index contributed by atoms with van der Waals surface area (Å²) in [4.78, 5) is 0. The number of benzene rings is 1. The van der Waals surface area contributed by atoms with Gasteiger partial charge in [-0.2, -0.15) is 0 Å². The Morgan fingerprint density at radius 2 is 1.21 bits per heavy atom. The zero-order chi connectivity index (χ0) is 39.2.